The number of primary amides is 1. The third kappa shape index (κ3) is 2.14. The number of carbonyl (C=O) groups is 1. The number of nitrogens with two attached hydrogens (primary N) is 1. The molecule has 1 amide bonds. The van der Waals surface area contributed by atoms with Gasteiger partial charge in [0, 0.05) is 5.56 Å². The van der Waals surface area contributed by atoms with Crippen molar-refractivity contribution in [3.8, 4) is 17.2 Å². The number of oxime groups is 1. The van der Waals surface area contributed by atoms with E-state index < -0.39 is 12.0 Å². The second-order valence-electron chi connectivity index (χ2n) is 4.80. The maximum atomic E-state index is 11.4. The van der Waals surface area contributed by atoms with Crippen LogP contribution in [0.3, 0.4) is 0 Å². The van der Waals surface area contributed by atoms with Crippen LogP contribution in [0.1, 0.15) is 18.6 Å². The van der Waals surface area contributed by atoms with Crippen LogP contribution in [0, 0.1) is 5.92 Å². The maximum Gasteiger partial charge on any atom is 0.266 e. The lowest BCUT2D eigenvalue weighted by Crippen LogP contribution is -2.28. The fraction of sp³-hybridized carbons (Fsp3) is 0.385. The van der Waals surface area contributed by atoms with Gasteiger partial charge in [-0.15, -0.1) is 0 Å². The molecule has 0 radical (unpaired) electrons. The molecule has 2 heterocycles. The standard InChI is InChI=1S/C13H12Br2N2O5/c1-4-8(13(16)18)17-22-9(4)5-6(14)10(19-2)12-11(7(5)15)20-3-21-12/h4,9H,3H2,1-2H3,(H2,16,18)/t4-,9+/m1/s1. The third-order valence-corrected chi connectivity index (χ3v) is 5.16. The minimum absolute atomic E-state index is 0.101. The Balaban J connectivity index is 2.11. The lowest BCUT2D eigenvalue weighted by Gasteiger charge is -2.20. The van der Waals surface area contributed by atoms with Crippen LogP contribution in [0.5, 0.6) is 17.2 Å². The van der Waals surface area contributed by atoms with E-state index in [9.17, 15) is 4.79 Å². The average Bonchev–Trinajstić information content (AvgIpc) is 3.07. The molecular formula is C13H12Br2N2O5. The number of carbonyl (C=O) groups excluding carboxylic acids is 1. The fourth-order valence-electron chi connectivity index (χ4n) is 2.49. The molecule has 2 aliphatic rings. The van der Waals surface area contributed by atoms with E-state index in [0.29, 0.717) is 31.8 Å². The molecule has 2 atom stereocenters. The molecule has 1 aromatic carbocycles. The molecule has 118 valence electrons. The molecule has 0 unspecified atom stereocenters. The summed E-state index contributed by atoms with van der Waals surface area (Å²) in [6, 6.07) is 0. The Labute approximate surface area is 143 Å². The molecule has 0 saturated carbocycles. The number of fused-ring (bicyclic) bond motifs is 1. The highest BCUT2D eigenvalue weighted by Crippen LogP contribution is 2.55. The Hall–Kier alpha value is -1.48. The van der Waals surface area contributed by atoms with E-state index in [1.54, 1.807) is 0 Å². The Bertz CT molecular complexity index is 692. The molecule has 0 saturated heterocycles. The topological polar surface area (TPSA) is 92.4 Å². The van der Waals surface area contributed by atoms with Crippen LogP contribution in [0.25, 0.3) is 0 Å². The van der Waals surface area contributed by atoms with E-state index in [2.05, 4.69) is 37.0 Å². The van der Waals surface area contributed by atoms with Gasteiger partial charge in [-0.2, -0.15) is 0 Å². The van der Waals surface area contributed by atoms with E-state index in [1.165, 1.54) is 7.11 Å². The molecule has 2 N–H and O–H groups in total. The lowest BCUT2D eigenvalue weighted by atomic mass is 9.93. The molecule has 1 aromatic rings. The van der Waals surface area contributed by atoms with Gasteiger partial charge in [0.05, 0.1) is 22.0 Å². The molecule has 22 heavy (non-hydrogen) atoms. The highest BCUT2D eigenvalue weighted by Gasteiger charge is 2.40. The molecule has 0 spiro atoms. The number of amides is 1. The number of nitrogens with zero attached hydrogens (tertiary/aromatic N) is 1. The summed E-state index contributed by atoms with van der Waals surface area (Å²) in [5.41, 5.74) is 6.22. The van der Waals surface area contributed by atoms with Gasteiger partial charge in [0.2, 0.25) is 12.5 Å². The van der Waals surface area contributed by atoms with Crippen molar-refractivity contribution in [3.05, 3.63) is 14.5 Å². The Morgan fingerprint density at radius 1 is 1.32 bits per heavy atom. The van der Waals surface area contributed by atoms with E-state index in [1.807, 2.05) is 6.92 Å². The number of hydrogen-bond acceptors (Lipinski definition) is 6. The van der Waals surface area contributed by atoms with Gasteiger partial charge in [0.15, 0.2) is 23.3 Å². The van der Waals surface area contributed by atoms with Crippen molar-refractivity contribution in [1.82, 2.24) is 0 Å². The predicted octanol–water partition coefficient (Wildman–Crippen LogP) is 2.50. The van der Waals surface area contributed by atoms with Gasteiger partial charge >= 0.3 is 0 Å². The van der Waals surface area contributed by atoms with Crippen molar-refractivity contribution in [3.63, 3.8) is 0 Å². The summed E-state index contributed by atoms with van der Waals surface area (Å²) in [5.74, 6) is 0.615. The molecule has 9 heteroatoms. The van der Waals surface area contributed by atoms with Crippen LogP contribution in [0.4, 0.5) is 0 Å². The van der Waals surface area contributed by atoms with E-state index in [4.69, 9.17) is 24.8 Å². The molecule has 3 rings (SSSR count). The van der Waals surface area contributed by atoms with Crippen LogP contribution < -0.4 is 19.9 Å². The van der Waals surface area contributed by atoms with Crippen LogP contribution in [0.15, 0.2) is 14.1 Å². The van der Waals surface area contributed by atoms with Gasteiger partial charge in [-0.3, -0.25) is 4.79 Å². The van der Waals surface area contributed by atoms with Gasteiger partial charge < -0.3 is 24.8 Å². The van der Waals surface area contributed by atoms with Crippen molar-refractivity contribution < 1.29 is 23.8 Å². The number of rotatable bonds is 3. The second kappa shape index (κ2) is 5.62. The molecule has 0 bridgehead atoms. The summed E-state index contributed by atoms with van der Waals surface area (Å²) in [7, 11) is 1.53. The lowest BCUT2D eigenvalue weighted by molar-refractivity contribution is -0.112. The van der Waals surface area contributed by atoms with Gasteiger partial charge in [-0.1, -0.05) is 12.1 Å². The zero-order valence-electron chi connectivity index (χ0n) is 11.7. The molecular weight excluding hydrogens is 424 g/mol. The largest absolute Gasteiger partial charge is 0.492 e. The molecule has 0 fully saturated rings. The molecule has 2 aliphatic heterocycles. The first-order chi connectivity index (χ1) is 10.5. The van der Waals surface area contributed by atoms with Gasteiger partial charge in [0.25, 0.3) is 5.91 Å². The normalized spacial score (nSPS) is 22.3. The third-order valence-electron chi connectivity index (χ3n) is 3.58. The summed E-state index contributed by atoms with van der Waals surface area (Å²) < 4.78 is 17.6. The Morgan fingerprint density at radius 2 is 2.00 bits per heavy atom. The first-order valence-electron chi connectivity index (χ1n) is 6.35. The quantitative estimate of drug-likeness (QED) is 0.787. The zero-order valence-corrected chi connectivity index (χ0v) is 14.9. The van der Waals surface area contributed by atoms with Crippen molar-refractivity contribution >= 4 is 43.5 Å². The maximum absolute atomic E-state index is 11.4. The fourth-order valence-corrected chi connectivity index (χ4v) is 4.24. The number of ether oxygens (including phenoxy) is 3. The van der Waals surface area contributed by atoms with E-state index >= 15 is 0 Å². The second-order valence-corrected chi connectivity index (χ2v) is 6.38. The summed E-state index contributed by atoms with van der Waals surface area (Å²) in [5, 5.41) is 3.79. The zero-order chi connectivity index (χ0) is 16.0. The molecule has 0 aromatic heterocycles. The summed E-state index contributed by atoms with van der Waals surface area (Å²) in [6.07, 6.45) is -0.505. The number of benzene rings is 1. The Kier molecular flexibility index (Phi) is 3.94. The van der Waals surface area contributed by atoms with Gasteiger partial charge in [0.1, 0.15) is 0 Å². The minimum atomic E-state index is -0.602. The first-order valence-corrected chi connectivity index (χ1v) is 7.93. The SMILES string of the molecule is COc1c(Br)c([C@H]2ON=C(C(N)=O)[C@H]2C)c(Br)c2c1OCO2. The van der Waals surface area contributed by atoms with Crippen molar-refractivity contribution in [1.29, 1.82) is 0 Å². The highest BCUT2D eigenvalue weighted by atomic mass is 79.9. The summed E-state index contributed by atoms with van der Waals surface area (Å²) >= 11 is 7.01. The van der Waals surface area contributed by atoms with Crippen LogP contribution >= 0.6 is 31.9 Å². The minimum Gasteiger partial charge on any atom is -0.492 e. The smallest absolute Gasteiger partial charge is 0.266 e. The van der Waals surface area contributed by atoms with Crippen LogP contribution in [-0.2, 0) is 9.63 Å². The van der Waals surface area contributed by atoms with E-state index in [0.717, 1.165) is 0 Å². The van der Waals surface area contributed by atoms with Crippen LogP contribution in [-0.4, -0.2) is 25.5 Å². The predicted molar refractivity (Wildman–Crippen MR) is 84.1 cm³/mol. The summed E-state index contributed by atoms with van der Waals surface area (Å²) in [6.45, 7) is 1.92. The number of hydrogen-bond donors (Lipinski definition) is 1. The molecule has 0 aliphatic carbocycles. The summed E-state index contributed by atoms with van der Waals surface area (Å²) in [4.78, 5) is 16.8. The van der Waals surface area contributed by atoms with E-state index in [-0.39, 0.29) is 18.4 Å². The Morgan fingerprint density at radius 3 is 2.59 bits per heavy atom. The monoisotopic (exact) mass is 434 g/mol. The van der Waals surface area contributed by atoms with Gasteiger partial charge in [-0.25, -0.2) is 0 Å². The van der Waals surface area contributed by atoms with Crippen molar-refractivity contribution in [2.75, 3.05) is 13.9 Å². The van der Waals surface area contributed by atoms with Gasteiger partial charge in [-0.05, 0) is 31.9 Å². The average molecular weight is 436 g/mol. The first kappa shape index (κ1) is 15.4. The molecule has 7 nitrogen and oxygen atoms in total. The highest BCUT2D eigenvalue weighted by molar-refractivity contribution is 9.11. The van der Waals surface area contributed by atoms with Crippen molar-refractivity contribution in [2.45, 2.75) is 13.0 Å². The number of methoxy groups -OCH3 is 1. The number of halogens is 2. The van der Waals surface area contributed by atoms with Crippen LogP contribution in [0.2, 0.25) is 0 Å². The van der Waals surface area contributed by atoms with Crippen molar-refractivity contribution in [2.24, 2.45) is 16.8 Å².